The molecule has 0 saturated carbocycles. The van der Waals surface area contributed by atoms with Gasteiger partial charge >= 0.3 is 0 Å². The first-order chi connectivity index (χ1) is 6.57. The van der Waals surface area contributed by atoms with Crippen molar-refractivity contribution >= 4 is 0 Å². The third kappa shape index (κ3) is 1.55. The average molecular weight is 204 g/mol. The highest BCUT2D eigenvalue weighted by Gasteiger charge is 2.55. The Hall–Kier alpha value is -0.200. The first kappa shape index (κ1) is 10.3. The number of rotatable bonds is 2. The highest BCUT2D eigenvalue weighted by atomic mass is 16.8. The molecule has 2 heterocycles. The zero-order chi connectivity index (χ0) is 10.3. The minimum absolute atomic E-state index is 0.0829. The van der Waals surface area contributed by atoms with E-state index in [1.807, 2.05) is 13.8 Å². The number of fused-ring (bicyclic) bond motifs is 1. The average Bonchev–Trinajstić information content (AvgIpc) is 2.57. The van der Waals surface area contributed by atoms with Gasteiger partial charge in [-0.25, -0.2) is 0 Å². The summed E-state index contributed by atoms with van der Waals surface area (Å²) >= 11 is 0. The second-order valence-electron chi connectivity index (χ2n) is 4.03. The van der Waals surface area contributed by atoms with Crippen LogP contribution in [0.25, 0.3) is 0 Å². The molecular weight excluding hydrogens is 188 g/mol. The van der Waals surface area contributed by atoms with Gasteiger partial charge in [0.15, 0.2) is 12.1 Å². The Morgan fingerprint density at radius 3 is 2.50 bits per heavy atom. The summed E-state index contributed by atoms with van der Waals surface area (Å²) in [4.78, 5) is 0. The molecule has 1 unspecified atom stereocenters. The van der Waals surface area contributed by atoms with Gasteiger partial charge in [0.05, 0.1) is 6.61 Å². The molecule has 14 heavy (non-hydrogen) atoms. The van der Waals surface area contributed by atoms with Gasteiger partial charge in [-0.1, -0.05) is 0 Å². The van der Waals surface area contributed by atoms with E-state index in [-0.39, 0.29) is 24.9 Å². The summed E-state index contributed by atoms with van der Waals surface area (Å²) in [6, 6.07) is 0. The van der Waals surface area contributed by atoms with Gasteiger partial charge in [-0.05, 0) is 13.8 Å². The number of methoxy groups -OCH3 is 1. The van der Waals surface area contributed by atoms with E-state index < -0.39 is 12.1 Å². The van der Waals surface area contributed by atoms with Crippen molar-refractivity contribution in [2.24, 2.45) is 0 Å². The molecule has 4 atom stereocenters. The van der Waals surface area contributed by atoms with Gasteiger partial charge in [0.25, 0.3) is 0 Å². The molecule has 2 saturated heterocycles. The van der Waals surface area contributed by atoms with E-state index in [1.54, 1.807) is 7.11 Å². The van der Waals surface area contributed by atoms with E-state index in [0.29, 0.717) is 0 Å². The summed E-state index contributed by atoms with van der Waals surface area (Å²) in [7, 11) is 1.55. The number of ether oxygens (including phenoxy) is 4. The predicted octanol–water partition coefficient (Wildman–Crippen LogP) is -0.130. The molecule has 5 heteroatoms. The third-order valence-electron chi connectivity index (χ3n) is 2.52. The zero-order valence-electron chi connectivity index (χ0n) is 8.60. The number of aliphatic hydroxyl groups is 1. The Labute approximate surface area is 82.9 Å². The van der Waals surface area contributed by atoms with Gasteiger partial charge in [0, 0.05) is 7.11 Å². The second kappa shape index (κ2) is 3.43. The van der Waals surface area contributed by atoms with Crippen LogP contribution >= 0.6 is 0 Å². The predicted molar refractivity (Wildman–Crippen MR) is 46.6 cm³/mol. The van der Waals surface area contributed by atoms with Crippen molar-refractivity contribution in [3.8, 4) is 0 Å². The number of hydrogen-bond acceptors (Lipinski definition) is 5. The first-order valence-electron chi connectivity index (χ1n) is 4.72. The summed E-state index contributed by atoms with van der Waals surface area (Å²) in [6.45, 7) is 3.60. The van der Waals surface area contributed by atoms with Crippen LogP contribution in [0.15, 0.2) is 0 Å². The van der Waals surface area contributed by atoms with E-state index in [2.05, 4.69) is 0 Å². The van der Waals surface area contributed by atoms with Crippen molar-refractivity contribution in [1.82, 2.24) is 0 Å². The maximum Gasteiger partial charge on any atom is 0.186 e. The van der Waals surface area contributed by atoms with Crippen molar-refractivity contribution in [2.45, 2.75) is 44.2 Å². The maximum absolute atomic E-state index is 9.08. The fourth-order valence-corrected chi connectivity index (χ4v) is 1.98. The van der Waals surface area contributed by atoms with Crippen LogP contribution in [0.5, 0.6) is 0 Å². The largest absolute Gasteiger partial charge is 0.394 e. The summed E-state index contributed by atoms with van der Waals surface area (Å²) in [6.07, 6.45) is -1.28. The van der Waals surface area contributed by atoms with Gasteiger partial charge in [0.2, 0.25) is 0 Å². The standard InChI is InChI=1S/C9H16O5/c1-9(2)13-6-5(4-10)12-8(11-3)7(6)14-9/h5-8,10H,4H2,1-3H3/t5-,6?,7-,8-/m1/s1. The summed E-state index contributed by atoms with van der Waals surface area (Å²) in [5.74, 6) is -0.622. The van der Waals surface area contributed by atoms with Gasteiger partial charge in [-0.3, -0.25) is 0 Å². The van der Waals surface area contributed by atoms with Crippen LogP contribution in [0.4, 0.5) is 0 Å². The molecule has 2 rings (SSSR count). The molecule has 0 aliphatic carbocycles. The third-order valence-corrected chi connectivity index (χ3v) is 2.52. The summed E-state index contributed by atoms with van der Waals surface area (Å²) in [5.41, 5.74) is 0. The Morgan fingerprint density at radius 1 is 1.29 bits per heavy atom. The molecule has 1 N–H and O–H groups in total. The highest BCUT2D eigenvalue weighted by Crippen LogP contribution is 2.38. The fourth-order valence-electron chi connectivity index (χ4n) is 1.98. The highest BCUT2D eigenvalue weighted by molar-refractivity contribution is 4.94. The Bertz CT molecular complexity index is 197. The van der Waals surface area contributed by atoms with Crippen LogP contribution in [0.3, 0.4) is 0 Å². The zero-order valence-corrected chi connectivity index (χ0v) is 8.60. The summed E-state index contributed by atoms with van der Waals surface area (Å²) in [5, 5.41) is 9.08. The lowest BCUT2D eigenvalue weighted by atomic mass is 10.1. The van der Waals surface area contributed by atoms with E-state index >= 15 is 0 Å². The molecule has 0 radical (unpaired) electrons. The molecule has 82 valence electrons. The van der Waals surface area contributed by atoms with Crippen molar-refractivity contribution < 1.29 is 24.1 Å². The van der Waals surface area contributed by atoms with Crippen LogP contribution in [0.2, 0.25) is 0 Å². The molecular formula is C9H16O5. The van der Waals surface area contributed by atoms with E-state index in [4.69, 9.17) is 24.1 Å². The quantitative estimate of drug-likeness (QED) is 0.679. The van der Waals surface area contributed by atoms with Gasteiger partial charge < -0.3 is 24.1 Å². The molecule has 2 aliphatic heterocycles. The molecule has 0 aromatic rings. The Kier molecular flexibility index (Phi) is 2.53. The minimum atomic E-state index is -0.622. The van der Waals surface area contributed by atoms with Crippen LogP contribution in [-0.4, -0.2) is 49.2 Å². The second-order valence-corrected chi connectivity index (χ2v) is 4.03. The lowest BCUT2D eigenvalue weighted by Crippen LogP contribution is -2.31. The SMILES string of the molecule is CO[C@@H]1O[C@H](CO)C2OC(C)(C)O[C@H]21. The normalized spacial score (nSPS) is 45.4. The van der Waals surface area contributed by atoms with E-state index in [9.17, 15) is 0 Å². The van der Waals surface area contributed by atoms with Crippen molar-refractivity contribution in [1.29, 1.82) is 0 Å². The van der Waals surface area contributed by atoms with Crippen LogP contribution in [0, 0.1) is 0 Å². The minimum Gasteiger partial charge on any atom is -0.394 e. The van der Waals surface area contributed by atoms with E-state index in [0.717, 1.165) is 0 Å². The Balaban J connectivity index is 2.12. The topological polar surface area (TPSA) is 57.2 Å². The van der Waals surface area contributed by atoms with Crippen LogP contribution in [0.1, 0.15) is 13.8 Å². The summed E-state index contributed by atoms with van der Waals surface area (Å²) < 4.78 is 21.8. The van der Waals surface area contributed by atoms with Crippen molar-refractivity contribution in [3.63, 3.8) is 0 Å². The molecule has 2 aliphatic rings. The van der Waals surface area contributed by atoms with Crippen LogP contribution < -0.4 is 0 Å². The first-order valence-corrected chi connectivity index (χ1v) is 4.72. The van der Waals surface area contributed by atoms with Crippen LogP contribution in [-0.2, 0) is 18.9 Å². The number of aliphatic hydroxyl groups excluding tert-OH is 1. The molecule has 0 bridgehead atoms. The molecule has 0 aromatic carbocycles. The van der Waals surface area contributed by atoms with Gasteiger partial charge in [-0.15, -0.1) is 0 Å². The molecule has 2 fully saturated rings. The molecule has 0 amide bonds. The molecule has 0 spiro atoms. The number of hydrogen-bond donors (Lipinski definition) is 1. The lowest BCUT2D eigenvalue weighted by molar-refractivity contribution is -0.230. The lowest BCUT2D eigenvalue weighted by Gasteiger charge is -2.22. The Morgan fingerprint density at radius 2 is 1.93 bits per heavy atom. The smallest absolute Gasteiger partial charge is 0.186 e. The molecule has 0 aromatic heterocycles. The van der Waals surface area contributed by atoms with Crippen molar-refractivity contribution in [3.05, 3.63) is 0 Å². The fraction of sp³-hybridized carbons (Fsp3) is 1.00. The van der Waals surface area contributed by atoms with Gasteiger partial charge in [-0.2, -0.15) is 0 Å². The monoisotopic (exact) mass is 204 g/mol. The molecule has 5 nitrogen and oxygen atoms in total. The van der Waals surface area contributed by atoms with Gasteiger partial charge in [0.1, 0.15) is 18.3 Å². The van der Waals surface area contributed by atoms with Crippen molar-refractivity contribution in [2.75, 3.05) is 13.7 Å². The van der Waals surface area contributed by atoms with E-state index in [1.165, 1.54) is 0 Å². The maximum atomic E-state index is 9.08.